The first-order chi connectivity index (χ1) is 9.70. The predicted molar refractivity (Wildman–Crippen MR) is 89.9 cm³/mol. The molecule has 4 nitrogen and oxygen atoms in total. The van der Waals surface area contributed by atoms with Gasteiger partial charge in [0.2, 0.25) is 5.91 Å². The van der Waals surface area contributed by atoms with Crippen LogP contribution in [0.5, 0.6) is 0 Å². The summed E-state index contributed by atoms with van der Waals surface area (Å²) in [6, 6.07) is 0.151. The number of likely N-dealkylation sites (N-methyl/N-ethyl adjacent to an activating group) is 1. The van der Waals surface area contributed by atoms with Crippen LogP contribution in [0.1, 0.15) is 63.2 Å². The lowest BCUT2D eigenvalue weighted by Crippen LogP contribution is -2.38. The molecule has 21 heavy (non-hydrogen) atoms. The van der Waals surface area contributed by atoms with Crippen LogP contribution in [0.15, 0.2) is 0 Å². The summed E-state index contributed by atoms with van der Waals surface area (Å²) in [5.41, 5.74) is 1.14. The van der Waals surface area contributed by atoms with Gasteiger partial charge in [-0.1, -0.05) is 20.8 Å². The Hall–Kier alpha value is -0.940. The topological polar surface area (TPSA) is 45.2 Å². The van der Waals surface area contributed by atoms with Crippen LogP contribution >= 0.6 is 11.3 Å². The van der Waals surface area contributed by atoms with E-state index in [2.05, 4.69) is 38.0 Å². The molecule has 1 rings (SSSR count). The van der Waals surface area contributed by atoms with E-state index in [0.717, 1.165) is 23.8 Å². The summed E-state index contributed by atoms with van der Waals surface area (Å²) >= 11 is 1.75. The zero-order valence-corrected chi connectivity index (χ0v) is 15.2. The number of rotatable bonds is 6. The van der Waals surface area contributed by atoms with E-state index >= 15 is 0 Å². The Morgan fingerprint density at radius 1 is 1.33 bits per heavy atom. The van der Waals surface area contributed by atoms with Crippen LogP contribution in [0.4, 0.5) is 0 Å². The van der Waals surface area contributed by atoms with Crippen molar-refractivity contribution in [1.82, 2.24) is 15.2 Å². The van der Waals surface area contributed by atoms with E-state index in [0.29, 0.717) is 6.54 Å². The monoisotopic (exact) mass is 311 g/mol. The van der Waals surface area contributed by atoms with Crippen LogP contribution in [-0.4, -0.2) is 35.4 Å². The maximum Gasteiger partial charge on any atom is 0.236 e. The van der Waals surface area contributed by atoms with Crippen molar-refractivity contribution < 1.29 is 4.79 Å². The molecule has 0 bridgehead atoms. The molecule has 0 aromatic carbocycles. The molecular formula is C16H29N3OS. The van der Waals surface area contributed by atoms with Gasteiger partial charge < -0.3 is 10.2 Å². The van der Waals surface area contributed by atoms with Crippen molar-refractivity contribution >= 4 is 17.2 Å². The number of thiazole rings is 1. The van der Waals surface area contributed by atoms with Crippen LogP contribution in [0.25, 0.3) is 0 Å². The van der Waals surface area contributed by atoms with Crippen molar-refractivity contribution in [2.45, 2.75) is 59.9 Å². The second-order valence-corrected chi connectivity index (χ2v) is 7.42. The predicted octanol–water partition coefficient (Wildman–Crippen LogP) is 3.27. The third-order valence-electron chi connectivity index (χ3n) is 3.54. The number of carbonyl (C=O) groups excluding carboxylic acids is 1. The molecule has 0 aliphatic rings. The van der Waals surface area contributed by atoms with Crippen molar-refractivity contribution in [2.75, 3.05) is 19.6 Å². The second-order valence-electron chi connectivity index (χ2n) is 6.39. The minimum absolute atomic E-state index is 0.0738. The quantitative estimate of drug-likeness (QED) is 0.877. The number of hydrogen-bond acceptors (Lipinski definition) is 4. The van der Waals surface area contributed by atoms with Crippen molar-refractivity contribution in [3.05, 3.63) is 15.6 Å². The Kier molecular flexibility index (Phi) is 6.35. The van der Waals surface area contributed by atoms with Gasteiger partial charge in [0.25, 0.3) is 0 Å². The van der Waals surface area contributed by atoms with Crippen molar-refractivity contribution in [2.24, 2.45) is 0 Å². The SMILES string of the molecule is CCN(CC)C(=O)CNC(C)c1sc(C(C)(C)C)nc1C. The number of aryl methyl sites for hydroxylation is 1. The number of hydrogen-bond donors (Lipinski definition) is 1. The Labute approximate surface area is 133 Å². The fraction of sp³-hybridized carbons (Fsp3) is 0.750. The molecule has 0 aliphatic heterocycles. The number of aromatic nitrogens is 1. The zero-order valence-electron chi connectivity index (χ0n) is 14.4. The van der Waals surface area contributed by atoms with Crippen molar-refractivity contribution in [3.63, 3.8) is 0 Å². The van der Waals surface area contributed by atoms with Gasteiger partial charge in [-0.25, -0.2) is 4.98 Å². The van der Waals surface area contributed by atoms with Gasteiger partial charge in [-0.05, 0) is 27.7 Å². The lowest BCUT2D eigenvalue weighted by molar-refractivity contribution is -0.129. The first-order valence-electron chi connectivity index (χ1n) is 7.69. The van der Waals surface area contributed by atoms with Gasteiger partial charge >= 0.3 is 0 Å². The van der Waals surface area contributed by atoms with Crippen LogP contribution < -0.4 is 5.32 Å². The fourth-order valence-electron chi connectivity index (χ4n) is 2.15. The molecule has 1 amide bonds. The Bertz CT molecular complexity index is 472. The number of amides is 1. The third-order valence-corrected chi connectivity index (χ3v) is 5.31. The van der Waals surface area contributed by atoms with E-state index < -0.39 is 0 Å². The molecule has 0 saturated carbocycles. The van der Waals surface area contributed by atoms with Gasteiger partial charge in [0.1, 0.15) is 0 Å². The van der Waals surface area contributed by atoms with Gasteiger partial charge in [0.15, 0.2) is 0 Å². The van der Waals surface area contributed by atoms with Crippen LogP contribution in [-0.2, 0) is 10.2 Å². The van der Waals surface area contributed by atoms with Crippen LogP contribution in [0.2, 0.25) is 0 Å². The Morgan fingerprint density at radius 2 is 1.90 bits per heavy atom. The summed E-state index contributed by atoms with van der Waals surface area (Å²) in [6.45, 7) is 16.6. The van der Waals surface area contributed by atoms with E-state index in [1.807, 2.05) is 25.7 Å². The molecule has 0 radical (unpaired) electrons. The van der Waals surface area contributed by atoms with E-state index in [1.54, 1.807) is 11.3 Å². The minimum Gasteiger partial charge on any atom is -0.342 e. The maximum atomic E-state index is 12.0. The molecule has 1 N–H and O–H groups in total. The number of carbonyl (C=O) groups is 1. The van der Waals surface area contributed by atoms with E-state index in [9.17, 15) is 4.79 Å². The largest absolute Gasteiger partial charge is 0.342 e. The first kappa shape index (κ1) is 18.1. The minimum atomic E-state index is 0.0738. The number of nitrogens with zero attached hydrogens (tertiary/aromatic N) is 2. The Morgan fingerprint density at radius 3 is 2.33 bits per heavy atom. The molecule has 1 atom stereocenters. The molecule has 1 aromatic rings. The molecular weight excluding hydrogens is 282 g/mol. The average molecular weight is 311 g/mol. The molecule has 5 heteroatoms. The van der Waals surface area contributed by atoms with E-state index in [1.165, 1.54) is 4.88 Å². The second kappa shape index (κ2) is 7.36. The van der Waals surface area contributed by atoms with E-state index in [-0.39, 0.29) is 17.4 Å². The maximum absolute atomic E-state index is 12.0. The molecule has 0 saturated heterocycles. The molecule has 1 heterocycles. The van der Waals surface area contributed by atoms with Crippen LogP contribution in [0.3, 0.4) is 0 Å². The molecule has 1 unspecified atom stereocenters. The Balaban J connectivity index is 2.70. The fourth-order valence-corrected chi connectivity index (χ4v) is 3.30. The average Bonchev–Trinajstić information content (AvgIpc) is 2.79. The van der Waals surface area contributed by atoms with Gasteiger partial charge in [-0.15, -0.1) is 11.3 Å². The zero-order chi connectivity index (χ0) is 16.2. The summed E-state index contributed by atoms with van der Waals surface area (Å²) in [7, 11) is 0. The molecule has 1 aromatic heterocycles. The molecule has 0 fully saturated rings. The van der Waals surface area contributed by atoms with E-state index in [4.69, 9.17) is 0 Å². The highest BCUT2D eigenvalue weighted by atomic mass is 32.1. The highest BCUT2D eigenvalue weighted by Gasteiger charge is 2.22. The van der Waals surface area contributed by atoms with Gasteiger partial charge in [0, 0.05) is 29.4 Å². The molecule has 0 spiro atoms. The third kappa shape index (κ3) is 4.78. The standard InChI is InChI=1S/C16H29N3OS/c1-8-19(9-2)13(20)10-17-11(3)14-12(4)18-15(21-14)16(5,6)7/h11,17H,8-10H2,1-7H3. The summed E-state index contributed by atoms with van der Waals surface area (Å²) in [5, 5.41) is 4.48. The van der Waals surface area contributed by atoms with Crippen LogP contribution in [0, 0.1) is 6.92 Å². The first-order valence-corrected chi connectivity index (χ1v) is 8.51. The summed E-state index contributed by atoms with van der Waals surface area (Å²) < 4.78 is 0. The highest BCUT2D eigenvalue weighted by molar-refractivity contribution is 7.12. The summed E-state index contributed by atoms with van der Waals surface area (Å²) in [4.78, 5) is 19.8. The molecule has 0 aliphatic carbocycles. The summed E-state index contributed by atoms with van der Waals surface area (Å²) in [5.74, 6) is 0.157. The lowest BCUT2D eigenvalue weighted by atomic mass is 9.98. The van der Waals surface area contributed by atoms with Gasteiger partial charge in [0.05, 0.1) is 17.2 Å². The lowest BCUT2D eigenvalue weighted by Gasteiger charge is -2.20. The molecule has 120 valence electrons. The summed E-state index contributed by atoms with van der Waals surface area (Å²) in [6.07, 6.45) is 0. The van der Waals surface area contributed by atoms with Crippen molar-refractivity contribution in [3.8, 4) is 0 Å². The smallest absolute Gasteiger partial charge is 0.236 e. The van der Waals surface area contributed by atoms with Gasteiger partial charge in [-0.2, -0.15) is 0 Å². The van der Waals surface area contributed by atoms with Crippen molar-refractivity contribution in [1.29, 1.82) is 0 Å². The highest BCUT2D eigenvalue weighted by Crippen LogP contribution is 2.32. The number of nitrogens with one attached hydrogen (secondary N) is 1. The van der Waals surface area contributed by atoms with Gasteiger partial charge in [-0.3, -0.25) is 4.79 Å². The normalized spacial score (nSPS) is 13.3.